The molecular formula is C16H26O3. The zero-order valence-corrected chi connectivity index (χ0v) is 11.9. The Balaban J connectivity index is 1.71. The number of ketones is 1. The lowest BCUT2D eigenvalue weighted by atomic mass is 10.0. The zero-order chi connectivity index (χ0) is 13.5. The predicted octanol–water partition coefficient (Wildman–Crippen LogP) is 3.65. The highest BCUT2D eigenvalue weighted by molar-refractivity contribution is 5.79. The van der Waals surface area contributed by atoms with E-state index in [0.29, 0.717) is 38.1 Å². The first-order chi connectivity index (χ1) is 9.25. The highest BCUT2D eigenvalue weighted by atomic mass is 16.5. The summed E-state index contributed by atoms with van der Waals surface area (Å²) in [6.45, 7) is 0.577. The van der Waals surface area contributed by atoms with Gasteiger partial charge in [-0.3, -0.25) is 9.59 Å². The monoisotopic (exact) mass is 266 g/mol. The van der Waals surface area contributed by atoms with Gasteiger partial charge in [0.2, 0.25) is 0 Å². The molecule has 2 atom stereocenters. The molecule has 1 saturated carbocycles. The lowest BCUT2D eigenvalue weighted by molar-refractivity contribution is -0.144. The quantitative estimate of drug-likeness (QED) is 0.629. The fraction of sp³-hybridized carbons (Fsp3) is 0.875. The molecule has 0 N–H and O–H groups in total. The molecule has 0 amide bonds. The first-order valence-electron chi connectivity index (χ1n) is 7.93. The number of cyclic esters (lactones) is 1. The average Bonchev–Trinajstić information content (AvgIpc) is 3.11. The van der Waals surface area contributed by atoms with Gasteiger partial charge in [0.25, 0.3) is 0 Å². The van der Waals surface area contributed by atoms with Crippen LogP contribution in [-0.2, 0) is 14.3 Å². The standard InChI is InChI=1S/C16H26O3/c17-15-7-4-2-1-3-6-13-12-14(13)10-11-19-16(18)9-5-8-15/h13-14H,1-12H2. The van der Waals surface area contributed by atoms with E-state index < -0.39 is 0 Å². The zero-order valence-electron chi connectivity index (χ0n) is 11.9. The maximum absolute atomic E-state index is 11.6. The van der Waals surface area contributed by atoms with E-state index in [1.807, 2.05) is 0 Å². The van der Waals surface area contributed by atoms with Gasteiger partial charge in [-0.2, -0.15) is 0 Å². The van der Waals surface area contributed by atoms with Crippen LogP contribution < -0.4 is 0 Å². The fourth-order valence-electron chi connectivity index (χ4n) is 3.05. The topological polar surface area (TPSA) is 43.4 Å². The number of carbonyl (C=O) groups is 2. The van der Waals surface area contributed by atoms with Crippen molar-refractivity contribution >= 4 is 11.8 Å². The van der Waals surface area contributed by atoms with Crippen LogP contribution in [0.1, 0.15) is 70.6 Å². The molecule has 1 aliphatic heterocycles. The number of carbonyl (C=O) groups excluding carboxylic acids is 2. The van der Waals surface area contributed by atoms with Crippen molar-refractivity contribution in [2.75, 3.05) is 6.61 Å². The van der Waals surface area contributed by atoms with Gasteiger partial charge in [-0.05, 0) is 37.5 Å². The molecule has 0 aromatic rings. The van der Waals surface area contributed by atoms with Crippen LogP contribution >= 0.6 is 0 Å². The maximum Gasteiger partial charge on any atom is 0.305 e. The van der Waals surface area contributed by atoms with Crippen molar-refractivity contribution in [2.45, 2.75) is 70.6 Å². The summed E-state index contributed by atoms with van der Waals surface area (Å²) in [5, 5.41) is 0. The second kappa shape index (κ2) is 7.66. The Hall–Kier alpha value is -0.860. The number of fused-ring (bicyclic) bond motifs is 1. The highest BCUT2D eigenvalue weighted by Crippen LogP contribution is 2.44. The lowest BCUT2D eigenvalue weighted by Gasteiger charge is -2.06. The van der Waals surface area contributed by atoms with E-state index in [4.69, 9.17) is 4.74 Å². The fourth-order valence-corrected chi connectivity index (χ4v) is 3.05. The third-order valence-electron chi connectivity index (χ3n) is 4.44. The summed E-state index contributed by atoms with van der Waals surface area (Å²) in [4.78, 5) is 23.1. The minimum Gasteiger partial charge on any atom is -0.466 e. The molecule has 0 radical (unpaired) electrons. The number of Topliss-reactive ketones (excluding diaryl/α,β-unsaturated/α-hetero) is 1. The number of esters is 1. The molecular weight excluding hydrogens is 240 g/mol. The third kappa shape index (κ3) is 5.75. The summed E-state index contributed by atoms with van der Waals surface area (Å²) in [5.74, 6) is 1.87. The number of hydrogen-bond acceptors (Lipinski definition) is 3. The van der Waals surface area contributed by atoms with Gasteiger partial charge < -0.3 is 4.74 Å². The molecule has 3 nitrogen and oxygen atoms in total. The number of rotatable bonds is 0. The summed E-state index contributed by atoms with van der Waals surface area (Å²) < 4.78 is 5.22. The van der Waals surface area contributed by atoms with E-state index in [0.717, 1.165) is 24.7 Å². The first-order valence-corrected chi connectivity index (χ1v) is 7.93. The van der Waals surface area contributed by atoms with Gasteiger partial charge in [0, 0.05) is 19.3 Å². The lowest BCUT2D eigenvalue weighted by Crippen LogP contribution is -2.08. The van der Waals surface area contributed by atoms with Gasteiger partial charge in [0.15, 0.2) is 0 Å². The number of ether oxygens (including phenoxy) is 1. The van der Waals surface area contributed by atoms with Crippen molar-refractivity contribution in [2.24, 2.45) is 11.8 Å². The summed E-state index contributed by atoms with van der Waals surface area (Å²) in [6, 6.07) is 0. The van der Waals surface area contributed by atoms with Gasteiger partial charge in [0.1, 0.15) is 5.78 Å². The van der Waals surface area contributed by atoms with Gasteiger partial charge in [0.05, 0.1) is 6.61 Å². The predicted molar refractivity (Wildman–Crippen MR) is 73.7 cm³/mol. The van der Waals surface area contributed by atoms with Crippen molar-refractivity contribution < 1.29 is 14.3 Å². The Bertz CT molecular complexity index is 311. The van der Waals surface area contributed by atoms with Crippen molar-refractivity contribution in [3.63, 3.8) is 0 Å². The minimum absolute atomic E-state index is 0.128. The molecule has 0 bridgehead atoms. The first kappa shape index (κ1) is 14.5. The van der Waals surface area contributed by atoms with E-state index in [2.05, 4.69) is 0 Å². The van der Waals surface area contributed by atoms with E-state index >= 15 is 0 Å². The molecule has 2 unspecified atom stereocenters. The second-order valence-electron chi connectivity index (χ2n) is 6.11. The van der Waals surface area contributed by atoms with Crippen LogP contribution in [0.5, 0.6) is 0 Å². The molecule has 19 heavy (non-hydrogen) atoms. The Labute approximate surface area is 116 Å². The van der Waals surface area contributed by atoms with Crippen LogP contribution in [0, 0.1) is 11.8 Å². The maximum atomic E-state index is 11.6. The summed E-state index contributed by atoms with van der Waals surface area (Å²) >= 11 is 0. The Morgan fingerprint density at radius 1 is 0.789 bits per heavy atom. The molecule has 1 heterocycles. The van der Waals surface area contributed by atoms with Gasteiger partial charge in [-0.15, -0.1) is 0 Å². The molecule has 0 aromatic carbocycles. The van der Waals surface area contributed by atoms with Crippen LogP contribution in [0.3, 0.4) is 0 Å². The minimum atomic E-state index is -0.128. The second-order valence-corrected chi connectivity index (χ2v) is 6.11. The third-order valence-corrected chi connectivity index (χ3v) is 4.44. The molecule has 3 heteroatoms. The van der Waals surface area contributed by atoms with Crippen LogP contribution in [0.4, 0.5) is 0 Å². The summed E-state index contributed by atoms with van der Waals surface area (Å²) in [5.41, 5.74) is 0. The van der Waals surface area contributed by atoms with Crippen LogP contribution in [0.2, 0.25) is 0 Å². The molecule has 0 aromatic heterocycles. The van der Waals surface area contributed by atoms with E-state index in [1.54, 1.807) is 0 Å². The summed E-state index contributed by atoms with van der Waals surface area (Å²) in [6.07, 6.45) is 10.8. The van der Waals surface area contributed by atoms with Gasteiger partial charge in [-0.1, -0.05) is 25.7 Å². The van der Waals surface area contributed by atoms with Crippen molar-refractivity contribution in [1.82, 2.24) is 0 Å². The molecule has 108 valence electrons. The number of hydrogen-bond donors (Lipinski definition) is 0. The highest BCUT2D eigenvalue weighted by Gasteiger charge is 2.35. The van der Waals surface area contributed by atoms with Crippen molar-refractivity contribution in [3.05, 3.63) is 0 Å². The molecule has 1 aliphatic carbocycles. The molecule has 2 rings (SSSR count). The Kier molecular flexibility index (Phi) is 5.87. The molecule has 0 spiro atoms. The van der Waals surface area contributed by atoms with Crippen LogP contribution in [0.25, 0.3) is 0 Å². The molecule has 2 aliphatic rings. The summed E-state index contributed by atoms with van der Waals surface area (Å²) in [7, 11) is 0. The van der Waals surface area contributed by atoms with Crippen molar-refractivity contribution in [3.8, 4) is 0 Å². The largest absolute Gasteiger partial charge is 0.466 e. The van der Waals surface area contributed by atoms with Crippen LogP contribution in [-0.4, -0.2) is 18.4 Å². The SMILES string of the molecule is O=C1CCCCCCC2CC2CCOC(=O)CCC1. The van der Waals surface area contributed by atoms with E-state index in [1.165, 1.54) is 32.1 Å². The average molecular weight is 266 g/mol. The van der Waals surface area contributed by atoms with Crippen LogP contribution in [0.15, 0.2) is 0 Å². The smallest absolute Gasteiger partial charge is 0.305 e. The van der Waals surface area contributed by atoms with Gasteiger partial charge in [-0.25, -0.2) is 0 Å². The van der Waals surface area contributed by atoms with Gasteiger partial charge >= 0.3 is 5.97 Å². The van der Waals surface area contributed by atoms with E-state index in [-0.39, 0.29) is 5.97 Å². The Morgan fingerprint density at radius 2 is 1.53 bits per heavy atom. The normalized spacial score (nSPS) is 31.4. The Morgan fingerprint density at radius 3 is 2.42 bits per heavy atom. The molecule has 2 fully saturated rings. The molecule has 1 saturated heterocycles. The van der Waals surface area contributed by atoms with Crippen molar-refractivity contribution in [1.29, 1.82) is 0 Å². The van der Waals surface area contributed by atoms with E-state index in [9.17, 15) is 9.59 Å².